The molecule has 0 aromatic carbocycles. The predicted octanol–water partition coefficient (Wildman–Crippen LogP) is 1.90. The number of rotatable bonds is 8. The number of hydrogen-bond donors (Lipinski definition) is 2. The number of carbonyl (C=O) groups is 1. The van der Waals surface area contributed by atoms with Crippen molar-refractivity contribution in [1.82, 2.24) is 24.8 Å². The van der Waals surface area contributed by atoms with Crippen LogP contribution in [-0.4, -0.2) is 72.0 Å². The van der Waals surface area contributed by atoms with Crippen LogP contribution in [0, 0.1) is 0 Å². The van der Waals surface area contributed by atoms with Crippen molar-refractivity contribution in [3.05, 3.63) is 17.1 Å². The van der Waals surface area contributed by atoms with Gasteiger partial charge in [-0.25, -0.2) is 14.8 Å². The van der Waals surface area contributed by atoms with Gasteiger partial charge in [0, 0.05) is 45.4 Å². The van der Waals surface area contributed by atoms with Crippen LogP contribution in [0.1, 0.15) is 42.8 Å². The third-order valence-corrected chi connectivity index (χ3v) is 6.18. The lowest BCUT2D eigenvalue weighted by Gasteiger charge is -2.26. The monoisotopic (exact) mass is 430 g/mol. The molecule has 0 atom stereocenters. The maximum Gasteiger partial charge on any atom is 0.317 e. The number of urea groups is 1. The van der Waals surface area contributed by atoms with Gasteiger partial charge in [-0.15, -0.1) is 0 Å². The molecule has 31 heavy (non-hydrogen) atoms. The number of morpholine rings is 1. The number of methoxy groups -OCH3 is 1. The van der Waals surface area contributed by atoms with Crippen LogP contribution in [-0.2, 0) is 35.3 Å². The van der Waals surface area contributed by atoms with E-state index < -0.39 is 0 Å². The number of ether oxygens (including phenoxy) is 2. The normalized spacial score (nSPS) is 16.5. The van der Waals surface area contributed by atoms with Crippen molar-refractivity contribution in [2.45, 2.75) is 51.5 Å². The zero-order valence-electron chi connectivity index (χ0n) is 18.5. The molecule has 2 aliphatic rings. The number of nitrogens with zero attached hydrogens (tertiary/aromatic N) is 4. The molecular weight excluding hydrogens is 396 g/mol. The molecule has 1 aliphatic heterocycles. The van der Waals surface area contributed by atoms with Crippen LogP contribution in [0.25, 0.3) is 11.0 Å². The molecule has 2 amide bonds. The van der Waals surface area contributed by atoms with Gasteiger partial charge in [0.2, 0.25) is 0 Å². The molecule has 2 aromatic heterocycles. The molecule has 1 fully saturated rings. The van der Waals surface area contributed by atoms with Crippen molar-refractivity contribution in [1.29, 1.82) is 0 Å². The summed E-state index contributed by atoms with van der Waals surface area (Å²) in [5.74, 6) is 1.53. The van der Waals surface area contributed by atoms with Crippen molar-refractivity contribution in [2.24, 2.45) is 0 Å². The van der Waals surface area contributed by atoms with E-state index in [-0.39, 0.29) is 6.03 Å². The smallest absolute Gasteiger partial charge is 0.317 e. The van der Waals surface area contributed by atoms with Crippen molar-refractivity contribution in [3.8, 4) is 0 Å². The molecule has 170 valence electrons. The summed E-state index contributed by atoms with van der Waals surface area (Å²) in [5.41, 5.74) is 10.7. The summed E-state index contributed by atoms with van der Waals surface area (Å²) in [7, 11) is 1.71. The number of anilines is 1. The van der Waals surface area contributed by atoms with Gasteiger partial charge in [-0.1, -0.05) is 0 Å². The molecule has 0 bridgehead atoms. The lowest BCUT2D eigenvalue weighted by molar-refractivity contribution is 0.0532. The van der Waals surface area contributed by atoms with E-state index in [1.807, 2.05) is 4.90 Å². The van der Waals surface area contributed by atoms with E-state index in [0.29, 0.717) is 45.3 Å². The van der Waals surface area contributed by atoms with E-state index in [1.165, 1.54) is 18.4 Å². The zero-order chi connectivity index (χ0) is 21.6. The molecule has 3 heterocycles. The summed E-state index contributed by atoms with van der Waals surface area (Å²) in [6.45, 7) is 4.69. The van der Waals surface area contributed by atoms with Crippen molar-refractivity contribution < 1.29 is 14.3 Å². The number of nitrogen functional groups attached to an aromatic ring is 1. The molecule has 0 unspecified atom stereocenters. The number of pyridine rings is 1. The van der Waals surface area contributed by atoms with Gasteiger partial charge in [-0.3, -0.25) is 0 Å². The van der Waals surface area contributed by atoms with Gasteiger partial charge in [0.1, 0.15) is 11.3 Å². The van der Waals surface area contributed by atoms with E-state index >= 15 is 0 Å². The van der Waals surface area contributed by atoms with Crippen molar-refractivity contribution >= 4 is 22.9 Å². The fraction of sp³-hybridized carbons (Fsp3) is 0.682. The lowest BCUT2D eigenvalue weighted by atomic mass is 9.95. The maximum absolute atomic E-state index is 12.2. The number of fused-ring (bicyclic) bond motifs is 3. The van der Waals surface area contributed by atoms with Gasteiger partial charge in [-0.2, -0.15) is 0 Å². The zero-order valence-corrected chi connectivity index (χ0v) is 18.5. The van der Waals surface area contributed by atoms with E-state index in [2.05, 4.69) is 14.9 Å². The minimum absolute atomic E-state index is 0.00471. The molecule has 4 rings (SSSR count). The first-order valence-corrected chi connectivity index (χ1v) is 11.4. The Morgan fingerprint density at radius 2 is 2.00 bits per heavy atom. The summed E-state index contributed by atoms with van der Waals surface area (Å²) in [5, 5.41) is 3.03. The maximum atomic E-state index is 12.2. The summed E-state index contributed by atoms with van der Waals surface area (Å²) >= 11 is 0. The van der Waals surface area contributed by atoms with Crippen LogP contribution in [0.5, 0.6) is 0 Å². The third-order valence-electron chi connectivity index (χ3n) is 6.18. The molecule has 0 radical (unpaired) electrons. The third kappa shape index (κ3) is 4.93. The van der Waals surface area contributed by atoms with Gasteiger partial charge < -0.3 is 30.0 Å². The van der Waals surface area contributed by atoms with Gasteiger partial charge in [0.15, 0.2) is 5.82 Å². The number of unbranched alkanes of at least 4 members (excludes halogenated alkanes) is 1. The van der Waals surface area contributed by atoms with Gasteiger partial charge in [0.05, 0.1) is 25.3 Å². The average Bonchev–Trinajstić information content (AvgIpc) is 3.17. The lowest BCUT2D eigenvalue weighted by Crippen LogP contribution is -2.46. The first kappa shape index (κ1) is 21.8. The van der Waals surface area contributed by atoms with Crippen molar-refractivity contribution in [3.63, 3.8) is 0 Å². The Bertz CT molecular complexity index is 907. The highest BCUT2D eigenvalue weighted by Gasteiger charge is 2.22. The second-order valence-electron chi connectivity index (χ2n) is 8.29. The van der Waals surface area contributed by atoms with E-state index in [1.54, 1.807) is 7.11 Å². The Hall–Kier alpha value is -2.39. The minimum Gasteiger partial charge on any atom is -0.384 e. The minimum atomic E-state index is 0.00471. The standard InChI is InChI=1S/C22H34N6O3/c1-30-13-8-18-26-19-20(16-6-2-3-7-17(16)25-21(19)23)28(18)10-5-4-9-24-22(29)27-11-14-31-15-12-27/h2-15H2,1H3,(H2,23,25)(H,24,29). The molecule has 0 spiro atoms. The number of hydrogen-bond acceptors (Lipinski definition) is 6. The van der Waals surface area contributed by atoms with E-state index in [0.717, 1.165) is 61.2 Å². The van der Waals surface area contributed by atoms with Crippen LogP contribution in [0.2, 0.25) is 0 Å². The van der Waals surface area contributed by atoms with Crippen LogP contribution in [0.3, 0.4) is 0 Å². The predicted molar refractivity (Wildman–Crippen MR) is 119 cm³/mol. The quantitative estimate of drug-likeness (QED) is 0.620. The Morgan fingerprint density at radius 3 is 2.81 bits per heavy atom. The Kier molecular flexibility index (Phi) is 7.24. The highest BCUT2D eigenvalue weighted by molar-refractivity contribution is 5.89. The number of aromatic nitrogens is 3. The van der Waals surface area contributed by atoms with Crippen LogP contribution >= 0.6 is 0 Å². The Morgan fingerprint density at radius 1 is 1.19 bits per heavy atom. The SMILES string of the molecule is COCCc1nc2c(N)nc3c(c2n1CCCCNC(=O)N1CCOCC1)CCCC3. The average molecular weight is 431 g/mol. The number of nitrogens with one attached hydrogen (secondary N) is 1. The molecule has 9 heteroatoms. The number of amides is 2. The molecule has 0 saturated carbocycles. The molecule has 2 aromatic rings. The first-order valence-electron chi connectivity index (χ1n) is 11.4. The van der Waals surface area contributed by atoms with Crippen LogP contribution in [0.4, 0.5) is 10.6 Å². The van der Waals surface area contributed by atoms with Gasteiger partial charge >= 0.3 is 6.03 Å². The second kappa shape index (κ2) is 10.3. The highest BCUT2D eigenvalue weighted by atomic mass is 16.5. The van der Waals surface area contributed by atoms with Gasteiger partial charge in [-0.05, 0) is 44.1 Å². The molecule has 9 nitrogen and oxygen atoms in total. The fourth-order valence-corrected chi connectivity index (χ4v) is 4.54. The Labute approximate surface area is 183 Å². The van der Waals surface area contributed by atoms with Gasteiger partial charge in [0.25, 0.3) is 0 Å². The van der Waals surface area contributed by atoms with Crippen molar-refractivity contribution in [2.75, 3.05) is 52.3 Å². The molecule has 3 N–H and O–H groups in total. The largest absolute Gasteiger partial charge is 0.384 e. The number of carbonyl (C=O) groups excluding carboxylic acids is 1. The molecule has 1 aliphatic carbocycles. The number of nitrogens with two attached hydrogens (primary N) is 1. The first-order chi connectivity index (χ1) is 15.2. The molecular formula is C22H34N6O3. The fourth-order valence-electron chi connectivity index (χ4n) is 4.54. The van der Waals surface area contributed by atoms with E-state index in [9.17, 15) is 4.79 Å². The Balaban J connectivity index is 1.44. The van der Waals surface area contributed by atoms with Crippen LogP contribution < -0.4 is 11.1 Å². The second-order valence-corrected chi connectivity index (χ2v) is 8.29. The highest BCUT2D eigenvalue weighted by Crippen LogP contribution is 2.31. The van der Waals surface area contributed by atoms with E-state index in [4.69, 9.17) is 20.2 Å². The summed E-state index contributed by atoms with van der Waals surface area (Å²) in [6.07, 6.45) is 6.96. The number of imidazole rings is 1. The molecule has 1 saturated heterocycles. The summed E-state index contributed by atoms with van der Waals surface area (Å²) < 4.78 is 12.9. The van der Waals surface area contributed by atoms with Crippen LogP contribution in [0.15, 0.2) is 0 Å². The summed E-state index contributed by atoms with van der Waals surface area (Å²) in [4.78, 5) is 23.6. The topological polar surface area (TPSA) is 108 Å². The number of aryl methyl sites for hydroxylation is 3. The summed E-state index contributed by atoms with van der Waals surface area (Å²) in [6, 6.07) is 0.00471.